The summed E-state index contributed by atoms with van der Waals surface area (Å²) in [5.74, 6) is 0.195. The molecule has 1 aliphatic rings. The summed E-state index contributed by atoms with van der Waals surface area (Å²) in [4.78, 5) is 12.2. The highest BCUT2D eigenvalue weighted by atomic mass is 16.5. The van der Waals surface area contributed by atoms with Crippen LogP contribution in [0.15, 0.2) is 36.4 Å². The number of rotatable bonds is 6. The van der Waals surface area contributed by atoms with Gasteiger partial charge < -0.3 is 19.7 Å². The second-order valence-corrected chi connectivity index (χ2v) is 6.02. The average Bonchev–Trinajstić information content (AvgIpc) is 2.57. The molecule has 5 heteroatoms. The topological polar surface area (TPSA) is 76.0 Å². The molecule has 2 N–H and O–H groups in total. The molecule has 130 valence electrons. The van der Waals surface area contributed by atoms with E-state index in [0.29, 0.717) is 23.3 Å². The maximum Gasteiger partial charge on any atom is 0.158 e. The number of carbonyl (C=O) groups is 1. The van der Waals surface area contributed by atoms with Crippen molar-refractivity contribution in [3.63, 3.8) is 0 Å². The molecular weight excluding hydrogens is 308 g/mol. The lowest BCUT2D eigenvalue weighted by Gasteiger charge is -2.34. The van der Waals surface area contributed by atoms with Crippen LogP contribution >= 0.6 is 0 Å². The number of benzene rings is 1. The van der Waals surface area contributed by atoms with Gasteiger partial charge in [0.15, 0.2) is 11.9 Å². The summed E-state index contributed by atoms with van der Waals surface area (Å²) in [6.07, 6.45) is 3.39. The lowest BCUT2D eigenvalue weighted by Crippen LogP contribution is -2.40. The van der Waals surface area contributed by atoms with Crippen LogP contribution in [0.1, 0.15) is 25.8 Å². The van der Waals surface area contributed by atoms with Crippen LogP contribution < -0.4 is 4.74 Å². The second kappa shape index (κ2) is 7.53. The van der Waals surface area contributed by atoms with Crippen molar-refractivity contribution in [1.82, 2.24) is 0 Å². The van der Waals surface area contributed by atoms with Crippen LogP contribution in [0.3, 0.4) is 0 Å². The summed E-state index contributed by atoms with van der Waals surface area (Å²) in [5.41, 5.74) is 1.20. The smallest absolute Gasteiger partial charge is 0.158 e. The molecule has 0 saturated carbocycles. The molecule has 2 rings (SSSR count). The third-order valence-electron chi connectivity index (χ3n) is 4.44. The quantitative estimate of drug-likeness (QED) is 0.618. The first kappa shape index (κ1) is 18.1. The Balaban J connectivity index is 2.38. The number of ether oxygens (including phenoxy) is 2. The molecule has 0 amide bonds. The van der Waals surface area contributed by atoms with E-state index in [-0.39, 0.29) is 29.3 Å². The van der Waals surface area contributed by atoms with Crippen LogP contribution in [0.2, 0.25) is 0 Å². The summed E-state index contributed by atoms with van der Waals surface area (Å²) in [6, 6.07) is 2.72. The third kappa shape index (κ3) is 3.62. The number of carbonyl (C=O) groups excluding carboxylic acids is 1. The van der Waals surface area contributed by atoms with Crippen LogP contribution in [0, 0.1) is 5.92 Å². The molecule has 0 saturated heterocycles. The average molecular weight is 332 g/mol. The summed E-state index contributed by atoms with van der Waals surface area (Å²) in [7, 11) is 1.56. The van der Waals surface area contributed by atoms with Crippen LogP contribution in [0.4, 0.5) is 0 Å². The Hall–Kier alpha value is -2.27. The molecule has 1 aliphatic heterocycles. The molecule has 0 aromatic heterocycles. The van der Waals surface area contributed by atoms with Crippen molar-refractivity contribution in [3.05, 3.63) is 42.0 Å². The lowest BCUT2D eigenvalue weighted by atomic mass is 9.91. The monoisotopic (exact) mass is 332 g/mol. The van der Waals surface area contributed by atoms with E-state index in [1.807, 2.05) is 13.8 Å². The summed E-state index contributed by atoms with van der Waals surface area (Å²) in [6.45, 7) is 7.61. The zero-order chi connectivity index (χ0) is 17.9. The normalized spacial score (nSPS) is 21.5. The standard InChI is InChI=1S/C19H24O5/c1-5-11(3)15(21)7-12(6-2)19-18(23-4)10-14-16(22)8-13(20)9-17(14)24-19/h6-9,11,18-20,22H,2,5,10H2,1,3-4H3/b12-7+. The fraction of sp³-hybridized carbons (Fsp3) is 0.421. The van der Waals surface area contributed by atoms with Gasteiger partial charge in [0.2, 0.25) is 0 Å². The number of phenols is 2. The van der Waals surface area contributed by atoms with Gasteiger partial charge in [0.1, 0.15) is 23.4 Å². The fourth-order valence-corrected chi connectivity index (χ4v) is 2.70. The molecule has 0 fully saturated rings. The SMILES string of the molecule is C=C/C(=C\C(=O)C(C)CC)C1Oc2cc(O)cc(O)c2CC1OC. The molecule has 0 spiro atoms. The van der Waals surface area contributed by atoms with Crippen molar-refractivity contribution < 1.29 is 24.5 Å². The predicted molar refractivity (Wildman–Crippen MR) is 91.4 cm³/mol. The van der Waals surface area contributed by atoms with Gasteiger partial charge >= 0.3 is 0 Å². The van der Waals surface area contributed by atoms with Crippen molar-refractivity contribution in [3.8, 4) is 17.2 Å². The van der Waals surface area contributed by atoms with E-state index in [9.17, 15) is 15.0 Å². The van der Waals surface area contributed by atoms with Crippen molar-refractivity contribution >= 4 is 5.78 Å². The van der Waals surface area contributed by atoms with E-state index < -0.39 is 6.10 Å². The minimum absolute atomic E-state index is 0.00964. The van der Waals surface area contributed by atoms with Gasteiger partial charge in [0, 0.05) is 37.1 Å². The van der Waals surface area contributed by atoms with Crippen LogP contribution in [0.25, 0.3) is 0 Å². The van der Waals surface area contributed by atoms with Gasteiger partial charge in [-0.1, -0.05) is 26.5 Å². The Morgan fingerprint density at radius 3 is 2.79 bits per heavy atom. The van der Waals surface area contributed by atoms with E-state index in [1.165, 1.54) is 12.1 Å². The largest absolute Gasteiger partial charge is 0.508 e. The van der Waals surface area contributed by atoms with Gasteiger partial charge in [-0.2, -0.15) is 0 Å². The minimum atomic E-state index is -0.533. The third-order valence-corrected chi connectivity index (χ3v) is 4.44. The van der Waals surface area contributed by atoms with E-state index >= 15 is 0 Å². The first-order valence-electron chi connectivity index (χ1n) is 8.03. The highest BCUT2D eigenvalue weighted by Crippen LogP contribution is 2.39. The van der Waals surface area contributed by atoms with E-state index in [4.69, 9.17) is 9.47 Å². The molecule has 0 aliphatic carbocycles. The minimum Gasteiger partial charge on any atom is -0.508 e. The van der Waals surface area contributed by atoms with E-state index in [1.54, 1.807) is 19.3 Å². The lowest BCUT2D eigenvalue weighted by molar-refractivity contribution is -0.117. The maximum atomic E-state index is 12.2. The van der Waals surface area contributed by atoms with Crippen molar-refractivity contribution in [1.29, 1.82) is 0 Å². The molecule has 5 nitrogen and oxygen atoms in total. The maximum absolute atomic E-state index is 12.2. The molecule has 0 radical (unpaired) electrons. The summed E-state index contributed by atoms with van der Waals surface area (Å²) < 4.78 is 11.4. The number of aromatic hydroxyl groups is 2. The zero-order valence-electron chi connectivity index (χ0n) is 14.3. The molecular formula is C19H24O5. The van der Waals surface area contributed by atoms with Crippen molar-refractivity contribution in [2.45, 2.75) is 38.9 Å². The van der Waals surface area contributed by atoms with Crippen LogP contribution in [0.5, 0.6) is 17.2 Å². The number of ketones is 1. The molecule has 24 heavy (non-hydrogen) atoms. The summed E-state index contributed by atoms with van der Waals surface area (Å²) >= 11 is 0. The first-order chi connectivity index (χ1) is 11.4. The predicted octanol–water partition coefficient (Wildman–Crippen LogP) is 3.14. The zero-order valence-corrected chi connectivity index (χ0v) is 14.3. The Morgan fingerprint density at radius 2 is 2.21 bits per heavy atom. The Morgan fingerprint density at radius 1 is 1.50 bits per heavy atom. The van der Waals surface area contributed by atoms with Crippen molar-refractivity contribution in [2.24, 2.45) is 5.92 Å². The van der Waals surface area contributed by atoms with Gasteiger partial charge in [-0.25, -0.2) is 0 Å². The summed E-state index contributed by atoms with van der Waals surface area (Å²) in [5, 5.41) is 19.7. The van der Waals surface area contributed by atoms with Gasteiger partial charge in [-0.05, 0) is 18.1 Å². The molecule has 1 aromatic carbocycles. The van der Waals surface area contributed by atoms with E-state index in [0.717, 1.165) is 6.42 Å². The van der Waals surface area contributed by atoms with Gasteiger partial charge in [-0.3, -0.25) is 4.79 Å². The highest BCUT2D eigenvalue weighted by molar-refractivity contribution is 5.92. The number of hydrogen-bond donors (Lipinski definition) is 2. The van der Waals surface area contributed by atoms with Crippen LogP contribution in [-0.2, 0) is 16.0 Å². The Kier molecular flexibility index (Phi) is 5.67. The number of hydrogen-bond acceptors (Lipinski definition) is 5. The first-order valence-corrected chi connectivity index (χ1v) is 8.03. The molecule has 1 heterocycles. The van der Waals surface area contributed by atoms with Gasteiger partial charge in [0.25, 0.3) is 0 Å². The molecule has 3 atom stereocenters. The Labute approximate surface area is 142 Å². The van der Waals surface area contributed by atoms with Crippen molar-refractivity contribution in [2.75, 3.05) is 7.11 Å². The number of phenolic OH excluding ortho intramolecular Hbond substituents is 2. The Bertz CT molecular complexity index is 662. The number of methoxy groups -OCH3 is 1. The number of fused-ring (bicyclic) bond motifs is 1. The second-order valence-electron chi connectivity index (χ2n) is 6.02. The van der Waals surface area contributed by atoms with Crippen LogP contribution in [-0.4, -0.2) is 35.3 Å². The van der Waals surface area contributed by atoms with Gasteiger partial charge in [-0.15, -0.1) is 0 Å². The molecule has 3 unspecified atom stereocenters. The molecule has 1 aromatic rings. The highest BCUT2D eigenvalue weighted by Gasteiger charge is 2.34. The number of allylic oxidation sites excluding steroid dienone is 1. The molecule has 0 bridgehead atoms. The van der Waals surface area contributed by atoms with Gasteiger partial charge in [0.05, 0.1) is 0 Å². The van der Waals surface area contributed by atoms with E-state index in [2.05, 4.69) is 6.58 Å². The fourth-order valence-electron chi connectivity index (χ4n) is 2.70.